The molecule has 0 fully saturated rings. The van der Waals surface area contributed by atoms with E-state index in [-0.39, 0.29) is 6.42 Å². The van der Waals surface area contributed by atoms with E-state index in [1.165, 1.54) is 0 Å². The maximum Gasteiger partial charge on any atom is 0.332 e. The Labute approximate surface area is 79.0 Å². The quantitative estimate of drug-likeness (QED) is 0.548. The van der Waals surface area contributed by atoms with Gasteiger partial charge in [-0.25, -0.2) is 4.79 Å². The molecule has 0 heterocycles. The predicted octanol–water partition coefficient (Wildman–Crippen LogP) is 0.600. The van der Waals surface area contributed by atoms with Crippen molar-refractivity contribution in [3.8, 4) is 0 Å². The molecule has 0 amide bonds. The molecule has 2 atom stereocenters. The molecule has 78 valence electrons. The van der Waals surface area contributed by atoms with Gasteiger partial charge in [-0.1, -0.05) is 13.3 Å². The van der Waals surface area contributed by atoms with Crippen molar-refractivity contribution in [3.63, 3.8) is 0 Å². The number of aliphatic carboxylic acids is 1. The Morgan fingerprint density at radius 2 is 2.08 bits per heavy atom. The monoisotopic (exact) mass is 189 g/mol. The van der Waals surface area contributed by atoms with Crippen molar-refractivity contribution in [1.29, 1.82) is 0 Å². The van der Waals surface area contributed by atoms with Crippen LogP contribution in [-0.4, -0.2) is 34.9 Å². The summed E-state index contributed by atoms with van der Waals surface area (Å²) in [6.45, 7) is 4.70. The van der Waals surface area contributed by atoms with Crippen LogP contribution < -0.4 is 5.32 Å². The van der Waals surface area contributed by atoms with E-state index in [1.807, 2.05) is 0 Å². The summed E-state index contributed by atoms with van der Waals surface area (Å²) in [5.74, 6) is -1.15. The second kappa shape index (κ2) is 6.86. The van der Waals surface area contributed by atoms with Crippen molar-refractivity contribution in [3.05, 3.63) is 0 Å². The Balaban J connectivity index is 3.39. The number of rotatable bonds is 7. The maximum absolute atomic E-state index is 10.2. The minimum absolute atomic E-state index is 0.267. The maximum atomic E-state index is 10.2. The molecule has 0 aromatic heterocycles. The summed E-state index contributed by atoms with van der Waals surface area (Å²) in [6.07, 6.45) is 1.21. The van der Waals surface area contributed by atoms with Crippen molar-refractivity contribution >= 4 is 5.97 Å². The average Bonchev–Trinajstić information content (AvgIpc) is 2.04. The summed E-state index contributed by atoms with van der Waals surface area (Å²) in [4.78, 5) is 10.2. The van der Waals surface area contributed by atoms with Gasteiger partial charge in [-0.3, -0.25) is 0 Å². The van der Waals surface area contributed by atoms with Gasteiger partial charge in [0.15, 0.2) is 6.10 Å². The molecule has 13 heavy (non-hydrogen) atoms. The Kier molecular flexibility index (Phi) is 6.54. The molecular formula is C9H19NO3. The summed E-state index contributed by atoms with van der Waals surface area (Å²) in [5, 5.41) is 20.4. The highest BCUT2D eigenvalue weighted by Gasteiger charge is 2.12. The number of carbonyl (C=O) groups is 1. The molecule has 4 heteroatoms. The molecule has 0 rings (SSSR count). The number of hydrogen-bond donors (Lipinski definition) is 3. The third kappa shape index (κ3) is 6.54. The lowest BCUT2D eigenvalue weighted by molar-refractivity contribution is -0.146. The summed E-state index contributed by atoms with van der Waals surface area (Å²) >= 11 is 0. The first-order valence-electron chi connectivity index (χ1n) is 4.72. The fourth-order valence-corrected chi connectivity index (χ4v) is 1.13. The highest BCUT2D eigenvalue weighted by atomic mass is 16.4. The topological polar surface area (TPSA) is 69.6 Å². The number of nitrogens with one attached hydrogen (secondary N) is 1. The minimum Gasteiger partial charge on any atom is -0.479 e. The zero-order valence-electron chi connectivity index (χ0n) is 8.29. The summed E-state index contributed by atoms with van der Waals surface area (Å²) in [5.41, 5.74) is 0. The van der Waals surface area contributed by atoms with Crippen LogP contribution in [0.3, 0.4) is 0 Å². The van der Waals surface area contributed by atoms with E-state index in [0.717, 1.165) is 12.8 Å². The van der Waals surface area contributed by atoms with Crippen molar-refractivity contribution in [2.45, 2.75) is 45.3 Å². The molecule has 0 aliphatic carbocycles. The van der Waals surface area contributed by atoms with Gasteiger partial charge in [0.05, 0.1) is 0 Å². The molecule has 0 saturated heterocycles. The van der Waals surface area contributed by atoms with Gasteiger partial charge in [0.2, 0.25) is 0 Å². The Morgan fingerprint density at radius 1 is 1.46 bits per heavy atom. The highest BCUT2D eigenvalue weighted by Crippen LogP contribution is 1.96. The zero-order valence-corrected chi connectivity index (χ0v) is 8.29. The van der Waals surface area contributed by atoms with Gasteiger partial charge in [0.1, 0.15) is 0 Å². The first-order chi connectivity index (χ1) is 6.07. The first kappa shape index (κ1) is 12.4. The van der Waals surface area contributed by atoms with Gasteiger partial charge in [-0.15, -0.1) is 0 Å². The molecule has 0 aromatic carbocycles. The van der Waals surface area contributed by atoms with Gasteiger partial charge in [-0.2, -0.15) is 0 Å². The molecule has 2 unspecified atom stereocenters. The van der Waals surface area contributed by atoms with Crippen molar-refractivity contribution < 1.29 is 15.0 Å². The smallest absolute Gasteiger partial charge is 0.332 e. The van der Waals surface area contributed by atoms with Crippen LogP contribution >= 0.6 is 0 Å². The normalized spacial score (nSPS) is 15.3. The molecule has 0 aromatic rings. The van der Waals surface area contributed by atoms with E-state index < -0.39 is 12.1 Å². The molecule has 0 spiro atoms. The Morgan fingerprint density at radius 3 is 2.54 bits per heavy atom. The van der Waals surface area contributed by atoms with E-state index in [9.17, 15) is 4.79 Å². The summed E-state index contributed by atoms with van der Waals surface area (Å²) < 4.78 is 0. The van der Waals surface area contributed by atoms with Crippen LogP contribution in [0.2, 0.25) is 0 Å². The van der Waals surface area contributed by atoms with Crippen molar-refractivity contribution in [2.75, 3.05) is 6.54 Å². The molecule has 0 aliphatic rings. The van der Waals surface area contributed by atoms with Crippen LogP contribution in [0.4, 0.5) is 0 Å². The minimum atomic E-state index is -1.23. The lowest BCUT2D eigenvalue weighted by Crippen LogP contribution is -2.31. The average molecular weight is 189 g/mol. The molecule has 4 nitrogen and oxygen atoms in total. The molecule has 0 aliphatic heterocycles. The fraction of sp³-hybridized carbons (Fsp3) is 0.889. The number of hydrogen-bond acceptors (Lipinski definition) is 3. The summed E-state index contributed by atoms with van der Waals surface area (Å²) in [6, 6.07) is 0.394. The van der Waals surface area contributed by atoms with Crippen LogP contribution in [-0.2, 0) is 4.79 Å². The molecule has 0 radical (unpaired) electrons. The Bertz CT molecular complexity index is 150. The largest absolute Gasteiger partial charge is 0.479 e. The van der Waals surface area contributed by atoms with E-state index in [4.69, 9.17) is 10.2 Å². The van der Waals surface area contributed by atoms with E-state index in [1.54, 1.807) is 0 Å². The zero-order chi connectivity index (χ0) is 10.3. The second-order valence-corrected chi connectivity index (χ2v) is 3.29. The van der Waals surface area contributed by atoms with E-state index >= 15 is 0 Å². The van der Waals surface area contributed by atoms with Crippen molar-refractivity contribution in [1.82, 2.24) is 5.32 Å². The molecule has 0 bridgehead atoms. The number of aliphatic hydroxyl groups is 1. The number of carboxylic acids is 1. The van der Waals surface area contributed by atoms with Gasteiger partial charge < -0.3 is 15.5 Å². The fourth-order valence-electron chi connectivity index (χ4n) is 1.13. The third-order valence-electron chi connectivity index (χ3n) is 1.92. The number of aliphatic hydroxyl groups excluding tert-OH is 1. The van der Waals surface area contributed by atoms with Gasteiger partial charge in [0, 0.05) is 6.04 Å². The van der Waals surface area contributed by atoms with Crippen molar-refractivity contribution in [2.24, 2.45) is 0 Å². The van der Waals surface area contributed by atoms with Gasteiger partial charge in [-0.05, 0) is 26.3 Å². The predicted molar refractivity (Wildman–Crippen MR) is 50.6 cm³/mol. The highest BCUT2D eigenvalue weighted by molar-refractivity contribution is 5.71. The third-order valence-corrected chi connectivity index (χ3v) is 1.92. The van der Waals surface area contributed by atoms with E-state index in [2.05, 4.69) is 19.2 Å². The van der Waals surface area contributed by atoms with Crippen LogP contribution in [0.15, 0.2) is 0 Å². The van der Waals surface area contributed by atoms with Crippen LogP contribution in [0, 0.1) is 0 Å². The summed E-state index contributed by atoms with van der Waals surface area (Å²) in [7, 11) is 0. The van der Waals surface area contributed by atoms with Crippen LogP contribution in [0.5, 0.6) is 0 Å². The SMILES string of the molecule is CCCC(C)NCCC(O)C(=O)O. The van der Waals surface area contributed by atoms with Crippen LogP contribution in [0.25, 0.3) is 0 Å². The lowest BCUT2D eigenvalue weighted by atomic mass is 10.2. The Hall–Kier alpha value is -0.610. The second-order valence-electron chi connectivity index (χ2n) is 3.29. The number of carboxylic acid groups (broad SMARTS) is 1. The standard InChI is InChI=1S/C9H19NO3/c1-3-4-7(2)10-6-5-8(11)9(12)13/h7-8,10-11H,3-6H2,1-2H3,(H,12,13). The molecule has 3 N–H and O–H groups in total. The first-order valence-corrected chi connectivity index (χ1v) is 4.72. The molecular weight excluding hydrogens is 170 g/mol. The molecule has 0 saturated carbocycles. The van der Waals surface area contributed by atoms with Crippen LogP contribution in [0.1, 0.15) is 33.1 Å². The lowest BCUT2D eigenvalue weighted by Gasteiger charge is -2.13. The van der Waals surface area contributed by atoms with Gasteiger partial charge in [0.25, 0.3) is 0 Å². The van der Waals surface area contributed by atoms with Gasteiger partial charge >= 0.3 is 5.97 Å². The van der Waals surface area contributed by atoms with E-state index in [0.29, 0.717) is 12.6 Å².